The molecular weight excluding hydrogens is 828 g/mol. The average molecular weight is 863 g/mol. The molecule has 0 aliphatic carbocycles. The van der Waals surface area contributed by atoms with Crippen molar-refractivity contribution >= 4 is 57.1 Å². The largest absolute Gasteiger partial charge is 0.501 e. The molecule has 9 aromatic rings. The summed E-state index contributed by atoms with van der Waals surface area (Å²) >= 11 is 0. The van der Waals surface area contributed by atoms with Crippen molar-refractivity contribution in [3.05, 3.63) is 163 Å². The number of aromatic nitrogens is 2. The van der Waals surface area contributed by atoms with E-state index in [2.05, 4.69) is 47.8 Å². The average Bonchev–Trinajstić information content (AvgIpc) is 3.73. The molecule has 51 heavy (non-hydrogen) atoms. The first-order valence-electron chi connectivity index (χ1n) is 17.4. The fourth-order valence-corrected chi connectivity index (χ4v) is 7.14. The zero-order valence-corrected chi connectivity index (χ0v) is 31.5. The van der Waals surface area contributed by atoms with Crippen LogP contribution >= 0.6 is 0 Å². The molecule has 1 radical (unpaired) electrons. The molecule has 0 aliphatic heterocycles. The molecule has 0 aliphatic rings. The van der Waals surface area contributed by atoms with Crippen molar-refractivity contribution in [1.82, 2.24) is 9.97 Å². The summed E-state index contributed by atoms with van der Waals surface area (Å²) in [5.41, 5.74) is 6.94. The molecule has 5 aromatic carbocycles. The number of hydrogen-bond acceptors (Lipinski definition) is 4. The van der Waals surface area contributed by atoms with Gasteiger partial charge in [-0.2, -0.15) is 0 Å². The molecule has 4 aromatic heterocycles. The van der Waals surface area contributed by atoms with Gasteiger partial charge in [0.15, 0.2) is 0 Å². The molecule has 4 nitrogen and oxygen atoms in total. The number of benzene rings is 5. The van der Waals surface area contributed by atoms with Gasteiger partial charge in [-0.3, -0.25) is 0 Å². The van der Waals surface area contributed by atoms with E-state index in [1.807, 2.05) is 79.0 Å². The van der Waals surface area contributed by atoms with Crippen LogP contribution in [-0.2, 0) is 26.5 Å². The molecule has 4 heterocycles. The fraction of sp³-hybridized carbons (Fsp3) is 0.0909. The number of pyridine rings is 2. The van der Waals surface area contributed by atoms with Crippen LogP contribution in [0.25, 0.3) is 66.4 Å². The van der Waals surface area contributed by atoms with Crippen molar-refractivity contribution in [2.24, 2.45) is 0 Å². The molecule has 253 valence electrons. The van der Waals surface area contributed by atoms with Crippen molar-refractivity contribution in [2.75, 3.05) is 0 Å². The third kappa shape index (κ3) is 6.93. The molecule has 9 rings (SSSR count). The molecule has 0 N–H and O–H groups in total. The van der Waals surface area contributed by atoms with E-state index in [0.717, 1.165) is 43.9 Å². The van der Waals surface area contributed by atoms with Gasteiger partial charge in [0.1, 0.15) is 17.0 Å². The van der Waals surface area contributed by atoms with E-state index in [1.54, 1.807) is 36.5 Å². The number of halogens is 1. The minimum atomic E-state index is -1.62. The van der Waals surface area contributed by atoms with E-state index in [4.69, 9.17) is 11.6 Å². The van der Waals surface area contributed by atoms with Crippen LogP contribution in [0, 0.1) is 17.9 Å². The van der Waals surface area contributed by atoms with E-state index in [-0.39, 0.29) is 25.9 Å². The summed E-state index contributed by atoms with van der Waals surface area (Å²) in [4.78, 5) is 9.10. The minimum Gasteiger partial charge on any atom is -0.501 e. The second kappa shape index (κ2) is 14.2. The first kappa shape index (κ1) is 31.8. The summed E-state index contributed by atoms with van der Waals surface area (Å²) < 4.78 is 42.7. The molecule has 0 saturated carbocycles. The molecule has 0 fully saturated rings. The first-order valence-corrected chi connectivity index (χ1v) is 19.9. The van der Waals surface area contributed by atoms with Gasteiger partial charge < -0.3 is 18.8 Å². The van der Waals surface area contributed by atoms with Crippen LogP contribution in [0.15, 0.2) is 143 Å². The van der Waals surface area contributed by atoms with E-state index in [0.29, 0.717) is 33.6 Å². The Morgan fingerprint density at radius 3 is 2.02 bits per heavy atom. The Labute approximate surface area is 313 Å². The Hall–Kier alpha value is -5.20. The number of rotatable bonds is 5. The van der Waals surface area contributed by atoms with E-state index in [1.165, 1.54) is 17.3 Å². The van der Waals surface area contributed by atoms with Gasteiger partial charge in [0.05, 0.1) is 19.2 Å². The van der Waals surface area contributed by atoms with Crippen molar-refractivity contribution in [1.29, 1.82) is 0 Å². The number of furan rings is 2. The SMILES string of the molecule is C[Si](C)(C)c1ccc(-c2[c-]ccc3c2oc2cc(F)ccc23)nc1.[2H]C([2H])(c1ccccc1)c1ccnc(-c2[c-]ccc3c2oc2ccccc23)c1.[Ir]. The first-order chi connectivity index (χ1) is 25.1. The maximum atomic E-state index is 13.5. The molecule has 0 bridgehead atoms. The normalized spacial score (nSPS) is 12.3. The number of fused-ring (bicyclic) bond motifs is 6. The second-order valence-corrected chi connectivity index (χ2v) is 18.2. The van der Waals surface area contributed by atoms with Crippen LogP contribution in [0.3, 0.4) is 0 Å². The summed E-state index contributed by atoms with van der Waals surface area (Å²) in [5, 5.41) is 5.21. The molecular formula is C44H33FIrN2O2Si-2. The quantitative estimate of drug-likeness (QED) is 0.128. The predicted molar refractivity (Wildman–Crippen MR) is 204 cm³/mol. The number of para-hydroxylation sites is 1. The van der Waals surface area contributed by atoms with Crippen molar-refractivity contribution in [2.45, 2.75) is 26.0 Å². The third-order valence-corrected chi connectivity index (χ3v) is 10.7. The smallest absolute Gasteiger partial charge is 0.126 e. The second-order valence-electron chi connectivity index (χ2n) is 13.1. The Balaban J connectivity index is 0.000000163. The van der Waals surface area contributed by atoms with Gasteiger partial charge >= 0.3 is 0 Å². The molecule has 0 amide bonds. The Morgan fingerprint density at radius 2 is 1.31 bits per heavy atom. The van der Waals surface area contributed by atoms with Gasteiger partial charge in [0.25, 0.3) is 0 Å². The topological polar surface area (TPSA) is 52.1 Å². The Morgan fingerprint density at radius 1 is 0.647 bits per heavy atom. The van der Waals surface area contributed by atoms with Gasteiger partial charge in [0.2, 0.25) is 0 Å². The number of hydrogen-bond donors (Lipinski definition) is 0. The minimum absolute atomic E-state index is 0. The molecule has 7 heteroatoms. The van der Waals surface area contributed by atoms with Crippen molar-refractivity contribution < 1.29 is 36.1 Å². The standard InChI is InChI=1S/C24H16NO.C20H17FNOSi.Ir/c1-2-7-17(8-3-1)15-18-13-14-25-22(16-18)21-11-6-10-20-19-9-4-5-12-23(19)26-24(20)21;1-24(2,3)14-8-10-18(22-12-14)17-6-4-5-16-15-9-7-13(21)11-19(15)23-20(16)17;/h1-10,12-14,16H,15H2;4-5,7-12H,1-3H3;/q2*-1;/i15D2;;. The van der Waals surface area contributed by atoms with Gasteiger partial charge in [0, 0.05) is 52.1 Å². The number of nitrogens with zero attached hydrogens (tertiary/aromatic N) is 2. The van der Waals surface area contributed by atoms with E-state index in [9.17, 15) is 4.39 Å². The maximum Gasteiger partial charge on any atom is 0.126 e. The summed E-state index contributed by atoms with van der Waals surface area (Å²) in [7, 11) is -1.38. The van der Waals surface area contributed by atoms with Crippen LogP contribution < -0.4 is 5.19 Å². The van der Waals surface area contributed by atoms with Crippen LogP contribution in [0.2, 0.25) is 19.6 Å². The zero-order chi connectivity index (χ0) is 36.0. The summed E-state index contributed by atoms with van der Waals surface area (Å²) in [6.45, 7) is 6.89. The van der Waals surface area contributed by atoms with Gasteiger partial charge in [-0.25, -0.2) is 4.39 Å². The van der Waals surface area contributed by atoms with E-state index < -0.39 is 14.4 Å². The van der Waals surface area contributed by atoms with Crippen LogP contribution in [0.1, 0.15) is 13.9 Å². The van der Waals surface area contributed by atoms with Crippen LogP contribution in [-0.4, -0.2) is 18.0 Å². The van der Waals surface area contributed by atoms with Crippen molar-refractivity contribution in [3.8, 4) is 22.5 Å². The summed E-state index contributed by atoms with van der Waals surface area (Å²) in [5.74, 6) is -0.301. The monoisotopic (exact) mass is 863 g/mol. The third-order valence-electron chi connectivity index (χ3n) is 8.70. The van der Waals surface area contributed by atoms with Gasteiger partial charge in [-0.05, 0) is 58.3 Å². The van der Waals surface area contributed by atoms with Gasteiger partial charge in [-0.15, -0.1) is 36.4 Å². The van der Waals surface area contributed by atoms with Gasteiger partial charge in [-0.1, -0.05) is 108 Å². The Kier molecular flexibility index (Phi) is 8.84. The molecule has 0 unspecified atom stereocenters. The summed E-state index contributed by atoms with van der Waals surface area (Å²) in [6, 6.07) is 43.5. The Bertz CT molecular complexity index is 2720. The van der Waals surface area contributed by atoms with E-state index >= 15 is 0 Å². The fourth-order valence-electron chi connectivity index (χ4n) is 6.10. The van der Waals surface area contributed by atoms with Crippen LogP contribution in [0.4, 0.5) is 4.39 Å². The van der Waals surface area contributed by atoms with Crippen molar-refractivity contribution in [3.63, 3.8) is 0 Å². The molecule has 0 spiro atoms. The molecule has 0 saturated heterocycles. The summed E-state index contributed by atoms with van der Waals surface area (Å²) in [6.07, 6.45) is 1.97. The van der Waals surface area contributed by atoms with Crippen LogP contribution in [0.5, 0.6) is 0 Å². The maximum absolute atomic E-state index is 13.5. The molecule has 0 atom stereocenters. The zero-order valence-electron chi connectivity index (χ0n) is 30.1. The predicted octanol–water partition coefficient (Wildman–Crippen LogP) is 11.2.